The van der Waals surface area contributed by atoms with E-state index in [0.717, 1.165) is 5.56 Å². The van der Waals surface area contributed by atoms with Crippen LogP contribution in [0.4, 0.5) is 13.2 Å². The van der Waals surface area contributed by atoms with Crippen molar-refractivity contribution in [1.82, 2.24) is 10.6 Å². The largest absolute Gasteiger partial charge is 0.493 e. The van der Waals surface area contributed by atoms with Gasteiger partial charge in [0.2, 0.25) is 0 Å². The van der Waals surface area contributed by atoms with Crippen molar-refractivity contribution in [2.45, 2.75) is 33.0 Å². The summed E-state index contributed by atoms with van der Waals surface area (Å²) in [6.07, 6.45) is 0. The zero-order valence-electron chi connectivity index (χ0n) is 16.2. The summed E-state index contributed by atoms with van der Waals surface area (Å²) in [5.74, 6) is 0.407. The molecule has 0 aliphatic heterocycles. The fraction of sp³-hybridized carbons (Fsp3) is 0.350. The Morgan fingerprint density at radius 1 is 1.14 bits per heavy atom. The third kappa shape index (κ3) is 5.80. The molecule has 0 aliphatic rings. The molecule has 2 aromatic rings. The van der Waals surface area contributed by atoms with Gasteiger partial charge in [-0.25, -0.2) is 4.39 Å². The highest BCUT2D eigenvalue weighted by molar-refractivity contribution is 5.80. The Morgan fingerprint density at radius 3 is 2.50 bits per heavy atom. The Hall–Kier alpha value is -2.90. The third-order valence-corrected chi connectivity index (χ3v) is 4.18. The molecule has 0 aliphatic carbocycles. The summed E-state index contributed by atoms with van der Waals surface area (Å²) in [7, 11) is 2.99. The molecule has 0 amide bonds. The number of ether oxygens (including phenoxy) is 2. The zero-order valence-corrected chi connectivity index (χ0v) is 16.2. The molecule has 0 saturated heterocycles. The van der Waals surface area contributed by atoms with Gasteiger partial charge in [0.15, 0.2) is 17.5 Å². The van der Waals surface area contributed by atoms with Crippen LogP contribution in [0.25, 0.3) is 0 Å². The fourth-order valence-corrected chi connectivity index (χ4v) is 2.57. The van der Waals surface area contributed by atoms with E-state index >= 15 is 0 Å². The second-order valence-electron chi connectivity index (χ2n) is 6.16. The van der Waals surface area contributed by atoms with Crippen LogP contribution in [-0.2, 0) is 6.54 Å². The van der Waals surface area contributed by atoms with Crippen LogP contribution in [0.5, 0.6) is 11.5 Å². The molecule has 2 N–H and O–H groups in total. The van der Waals surface area contributed by atoms with E-state index in [2.05, 4.69) is 20.4 Å². The first-order valence-corrected chi connectivity index (χ1v) is 8.69. The Balaban J connectivity index is 2.02. The van der Waals surface area contributed by atoms with Crippen molar-refractivity contribution in [2.75, 3.05) is 14.2 Å². The van der Waals surface area contributed by atoms with Crippen molar-refractivity contribution in [3.05, 3.63) is 58.9 Å². The molecule has 8 heteroatoms. The lowest BCUT2D eigenvalue weighted by molar-refractivity contribution is -0.0512. The van der Waals surface area contributed by atoms with E-state index in [1.54, 1.807) is 32.2 Å². The highest BCUT2D eigenvalue weighted by atomic mass is 19.3. The molecule has 0 bridgehead atoms. The maximum atomic E-state index is 13.8. The van der Waals surface area contributed by atoms with Gasteiger partial charge in [0, 0.05) is 13.6 Å². The van der Waals surface area contributed by atoms with Gasteiger partial charge in [-0.2, -0.15) is 8.78 Å². The molecule has 0 spiro atoms. The zero-order chi connectivity index (χ0) is 20.7. The maximum Gasteiger partial charge on any atom is 0.387 e. The first-order valence-electron chi connectivity index (χ1n) is 8.69. The molecule has 1 atom stereocenters. The number of aryl methyl sites for hydroxylation is 1. The lowest BCUT2D eigenvalue weighted by Gasteiger charge is -2.19. The Bertz CT molecular complexity index is 828. The molecular weight excluding hydrogens is 371 g/mol. The quantitative estimate of drug-likeness (QED) is 0.546. The van der Waals surface area contributed by atoms with Gasteiger partial charge in [-0.3, -0.25) is 4.99 Å². The molecule has 0 radical (unpaired) electrons. The van der Waals surface area contributed by atoms with Gasteiger partial charge in [-0.15, -0.1) is 0 Å². The van der Waals surface area contributed by atoms with E-state index in [9.17, 15) is 13.2 Å². The Kier molecular flexibility index (Phi) is 7.54. The number of halogens is 3. The average molecular weight is 395 g/mol. The minimum absolute atomic E-state index is 0.0387. The van der Waals surface area contributed by atoms with Crippen LogP contribution >= 0.6 is 0 Å². The maximum absolute atomic E-state index is 13.8. The lowest BCUT2D eigenvalue weighted by Crippen LogP contribution is -2.38. The predicted octanol–water partition coefficient (Wildman–Crippen LogP) is 4.17. The summed E-state index contributed by atoms with van der Waals surface area (Å²) in [6, 6.07) is 9.64. The Labute approximate surface area is 162 Å². The number of nitrogens with zero attached hydrogens (tertiary/aromatic N) is 1. The van der Waals surface area contributed by atoms with Crippen LogP contribution in [0.2, 0.25) is 0 Å². The van der Waals surface area contributed by atoms with E-state index in [4.69, 9.17) is 4.74 Å². The van der Waals surface area contributed by atoms with Gasteiger partial charge in [0.25, 0.3) is 0 Å². The number of rotatable bonds is 7. The molecule has 1 unspecified atom stereocenters. The molecule has 2 aromatic carbocycles. The standard InChI is InChI=1S/C20H24F3N3O2/c1-12-5-7-15(10-16(12)21)13(2)26-20(24-3)25-11-14-6-8-17(27-4)18(9-14)28-19(22)23/h5-10,13,19H,11H2,1-4H3,(H2,24,25,26). The van der Waals surface area contributed by atoms with Crippen molar-refractivity contribution in [2.24, 2.45) is 4.99 Å². The summed E-state index contributed by atoms with van der Waals surface area (Å²) >= 11 is 0. The van der Waals surface area contributed by atoms with Gasteiger partial charge in [0.05, 0.1) is 13.2 Å². The molecule has 0 heterocycles. The van der Waals surface area contributed by atoms with Crippen LogP contribution in [-0.4, -0.2) is 26.7 Å². The SMILES string of the molecule is CN=C(NCc1ccc(OC)c(OC(F)F)c1)NC(C)c1ccc(C)c(F)c1. The number of guanidine groups is 1. The van der Waals surface area contributed by atoms with Gasteiger partial charge >= 0.3 is 6.61 Å². The second kappa shape index (κ2) is 9.87. The molecule has 0 fully saturated rings. The summed E-state index contributed by atoms with van der Waals surface area (Å²) in [6.45, 7) is 0.970. The molecule has 5 nitrogen and oxygen atoms in total. The monoisotopic (exact) mass is 395 g/mol. The van der Waals surface area contributed by atoms with Gasteiger partial charge in [-0.05, 0) is 48.7 Å². The van der Waals surface area contributed by atoms with Crippen LogP contribution in [0, 0.1) is 12.7 Å². The van der Waals surface area contributed by atoms with Gasteiger partial charge < -0.3 is 20.1 Å². The van der Waals surface area contributed by atoms with Crippen LogP contribution < -0.4 is 20.1 Å². The van der Waals surface area contributed by atoms with Crippen LogP contribution in [0.3, 0.4) is 0 Å². The number of alkyl halides is 2. The van der Waals surface area contributed by atoms with Crippen molar-refractivity contribution in [3.8, 4) is 11.5 Å². The summed E-state index contributed by atoms with van der Waals surface area (Å²) < 4.78 is 48.4. The van der Waals surface area contributed by atoms with Crippen LogP contribution in [0.15, 0.2) is 41.4 Å². The Morgan fingerprint density at radius 2 is 1.89 bits per heavy atom. The number of benzene rings is 2. The molecule has 152 valence electrons. The minimum atomic E-state index is -2.94. The normalized spacial score (nSPS) is 12.6. The average Bonchev–Trinajstić information content (AvgIpc) is 2.66. The number of hydrogen-bond donors (Lipinski definition) is 2. The van der Waals surface area contributed by atoms with Crippen molar-refractivity contribution in [3.63, 3.8) is 0 Å². The number of methoxy groups -OCH3 is 1. The van der Waals surface area contributed by atoms with Crippen molar-refractivity contribution >= 4 is 5.96 Å². The first-order chi connectivity index (χ1) is 13.3. The molecule has 0 aromatic heterocycles. The van der Waals surface area contributed by atoms with E-state index in [1.807, 2.05) is 13.0 Å². The molecular formula is C20H24F3N3O2. The van der Waals surface area contributed by atoms with E-state index in [-0.39, 0.29) is 23.4 Å². The second-order valence-corrected chi connectivity index (χ2v) is 6.16. The van der Waals surface area contributed by atoms with E-state index < -0.39 is 6.61 Å². The summed E-state index contributed by atoms with van der Waals surface area (Å²) in [5, 5.41) is 6.26. The van der Waals surface area contributed by atoms with E-state index in [1.165, 1.54) is 19.2 Å². The highest BCUT2D eigenvalue weighted by Crippen LogP contribution is 2.29. The number of aliphatic imine (C=N–C) groups is 1. The van der Waals surface area contributed by atoms with Crippen LogP contribution in [0.1, 0.15) is 29.7 Å². The van der Waals surface area contributed by atoms with Gasteiger partial charge in [0.1, 0.15) is 5.82 Å². The summed E-state index contributed by atoms with van der Waals surface area (Å²) in [4.78, 5) is 4.14. The summed E-state index contributed by atoms with van der Waals surface area (Å²) in [5.41, 5.74) is 2.07. The minimum Gasteiger partial charge on any atom is -0.493 e. The topological polar surface area (TPSA) is 54.9 Å². The molecule has 2 rings (SSSR count). The van der Waals surface area contributed by atoms with Gasteiger partial charge in [-0.1, -0.05) is 18.2 Å². The van der Waals surface area contributed by atoms with Crippen molar-refractivity contribution in [1.29, 1.82) is 0 Å². The smallest absolute Gasteiger partial charge is 0.387 e. The van der Waals surface area contributed by atoms with Crippen molar-refractivity contribution < 1.29 is 22.6 Å². The molecule has 28 heavy (non-hydrogen) atoms. The number of nitrogens with one attached hydrogen (secondary N) is 2. The third-order valence-electron chi connectivity index (χ3n) is 4.18. The first kappa shape index (κ1) is 21.4. The lowest BCUT2D eigenvalue weighted by atomic mass is 10.1. The van der Waals surface area contributed by atoms with E-state index in [0.29, 0.717) is 23.6 Å². The predicted molar refractivity (Wildman–Crippen MR) is 103 cm³/mol. The number of hydrogen-bond acceptors (Lipinski definition) is 3. The molecule has 0 saturated carbocycles. The fourth-order valence-electron chi connectivity index (χ4n) is 2.57. The highest BCUT2D eigenvalue weighted by Gasteiger charge is 2.13.